The Bertz CT molecular complexity index is 1250. The number of hydrogen-bond donors (Lipinski definition) is 0. The summed E-state index contributed by atoms with van der Waals surface area (Å²) < 4.78 is 17.3. The van der Waals surface area contributed by atoms with Gasteiger partial charge in [0.25, 0.3) is 0 Å². The van der Waals surface area contributed by atoms with Crippen molar-refractivity contribution in [2.45, 2.75) is 219 Å². The molecular formula is C57H94O5. The molecule has 0 heterocycles. The van der Waals surface area contributed by atoms with Crippen molar-refractivity contribution in [3.63, 3.8) is 0 Å². The van der Waals surface area contributed by atoms with E-state index < -0.39 is 6.10 Å². The van der Waals surface area contributed by atoms with E-state index in [0.717, 1.165) is 89.9 Å². The van der Waals surface area contributed by atoms with Crippen molar-refractivity contribution < 1.29 is 23.8 Å². The highest BCUT2D eigenvalue weighted by molar-refractivity contribution is 5.70. The molecule has 0 aromatic carbocycles. The van der Waals surface area contributed by atoms with Crippen molar-refractivity contribution in [3.05, 3.63) is 109 Å². The Kier molecular flexibility index (Phi) is 49.0. The molecule has 0 rings (SSSR count). The van der Waals surface area contributed by atoms with Crippen LogP contribution in [-0.4, -0.2) is 37.9 Å². The zero-order valence-corrected chi connectivity index (χ0v) is 40.3. The number of unbranched alkanes of at least 4 members (excludes halogenated alkanes) is 16. The van der Waals surface area contributed by atoms with E-state index >= 15 is 0 Å². The van der Waals surface area contributed by atoms with Crippen molar-refractivity contribution in [3.8, 4) is 0 Å². The smallest absolute Gasteiger partial charge is 0.306 e. The van der Waals surface area contributed by atoms with Crippen molar-refractivity contribution in [2.75, 3.05) is 19.8 Å². The molecule has 0 aliphatic rings. The topological polar surface area (TPSA) is 61.8 Å². The third-order valence-electron chi connectivity index (χ3n) is 10.3. The van der Waals surface area contributed by atoms with E-state index in [1.807, 2.05) is 6.08 Å². The summed E-state index contributed by atoms with van der Waals surface area (Å²) in [4.78, 5) is 25.3. The minimum atomic E-state index is -0.590. The van der Waals surface area contributed by atoms with E-state index in [2.05, 4.69) is 124 Å². The Morgan fingerprint density at radius 2 is 0.758 bits per heavy atom. The van der Waals surface area contributed by atoms with Crippen LogP contribution >= 0.6 is 0 Å². The highest BCUT2D eigenvalue weighted by Crippen LogP contribution is 2.12. The number of allylic oxidation sites excluding steroid dienone is 18. The molecule has 0 saturated carbocycles. The highest BCUT2D eigenvalue weighted by Gasteiger charge is 2.17. The molecule has 0 aromatic rings. The van der Waals surface area contributed by atoms with Gasteiger partial charge in [-0.05, 0) is 109 Å². The van der Waals surface area contributed by atoms with E-state index in [1.54, 1.807) is 0 Å². The average molecular weight is 859 g/mol. The van der Waals surface area contributed by atoms with Crippen molar-refractivity contribution >= 4 is 11.9 Å². The maximum atomic E-state index is 12.7. The first kappa shape index (κ1) is 58.6. The van der Waals surface area contributed by atoms with Crippen LogP contribution in [0.15, 0.2) is 109 Å². The fraction of sp³-hybridized carbons (Fsp3) is 0.649. The summed E-state index contributed by atoms with van der Waals surface area (Å²) in [6, 6.07) is 0. The molecular weight excluding hydrogens is 765 g/mol. The summed E-state index contributed by atoms with van der Waals surface area (Å²) in [7, 11) is 0. The van der Waals surface area contributed by atoms with Gasteiger partial charge in [-0.3, -0.25) is 9.59 Å². The summed E-state index contributed by atoms with van der Waals surface area (Å²) in [6.45, 7) is 7.46. The Morgan fingerprint density at radius 1 is 0.371 bits per heavy atom. The zero-order chi connectivity index (χ0) is 44.9. The molecule has 0 aromatic heterocycles. The van der Waals surface area contributed by atoms with E-state index in [4.69, 9.17) is 14.2 Å². The van der Waals surface area contributed by atoms with E-state index in [-0.39, 0.29) is 31.6 Å². The summed E-state index contributed by atoms with van der Waals surface area (Å²) >= 11 is 0. The fourth-order valence-electron chi connectivity index (χ4n) is 6.57. The van der Waals surface area contributed by atoms with Gasteiger partial charge >= 0.3 is 11.9 Å². The first-order valence-corrected chi connectivity index (χ1v) is 25.4. The maximum absolute atomic E-state index is 12.7. The number of carbonyl (C=O) groups is 2. The summed E-state index contributed by atoms with van der Waals surface area (Å²) in [6.07, 6.45) is 71.1. The van der Waals surface area contributed by atoms with Crippen LogP contribution < -0.4 is 0 Å². The fourth-order valence-corrected chi connectivity index (χ4v) is 6.57. The largest absolute Gasteiger partial charge is 0.462 e. The number of hydrogen-bond acceptors (Lipinski definition) is 5. The molecule has 0 radical (unpaired) electrons. The third-order valence-corrected chi connectivity index (χ3v) is 10.3. The summed E-state index contributed by atoms with van der Waals surface area (Å²) in [5.74, 6) is -0.517. The van der Waals surface area contributed by atoms with Crippen LogP contribution in [0.5, 0.6) is 0 Å². The third kappa shape index (κ3) is 49.2. The van der Waals surface area contributed by atoms with Crippen LogP contribution in [0.1, 0.15) is 213 Å². The molecule has 62 heavy (non-hydrogen) atoms. The van der Waals surface area contributed by atoms with E-state index in [0.29, 0.717) is 19.4 Å². The first-order valence-electron chi connectivity index (χ1n) is 25.4. The lowest BCUT2D eigenvalue weighted by atomic mass is 10.1. The molecule has 0 amide bonds. The van der Waals surface area contributed by atoms with Crippen LogP contribution in [0.2, 0.25) is 0 Å². The van der Waals surface area contributed by atoms with Crippen LogP contribution in [-0.2, 0) is 23.8 Å². The first-order chi connectivity index (χ1) is 30.6. The lowest BCUT2D eigenvalue weighted by molar-refractivity contribution is -0.162. The second-order valence-electron chi connectivity index (χ2n) is 16.3. The second-order valence-corrected chi connectivity index (χ2v) is 16.3. The van der Waals surface area contributed by atoms with Crippen LogP contribution in [0, 0.1) is 0 Å². The van der Waals surface area contributed by atoms with Gasteiger partial charge in [0.15, 0.2) is 6.10 Å². The molecule has 1 unspecified atom stereocenters. The molecule has 0 aliphatic heterocycles. The molecule has 0 spiro atoms. The van der Waals surface area contributed by atoms with Gasteiger partial charge in [-0.15, -0.1) is 0 Å². The number of esters is 2. The van der Waals surface area contributed by atoms with E-state index in [9.17, 15) is 9.59 Å². The van der Waals surface area contributed by atoms with Crippen LogP contribution in [0.4, 0.5) is 0 Å². The maximum Gasteiger partial charge on any atom is 0.306 e. The molecule has 0 N–H and O–H groups in total. The predicted molar refractivity (Wildman–Crippen MR) is 269 cm³/mol. The number of carbonyl (C=O) groups excluding carboxylic acids is 2. The molecule has 0 fully saturated rings. The average Bonchev–Trinajstić information content (AvgIpc) is 3.27. The van der Waals surface area contributed by atoms with Gasteiger partial charge in [0.05, 0.1) is 6.61 Å². The Morgan fingerprint density at radius 3 is 1.23 bits per heavy atom. The van der Waals surface area contributed by atoms with Gasteiger partial charge in [-0.2, -0.15) is 0 Å². The van der Waals surface area contributed by atoms with Crippen LogP contribution in [0.25, 0.3) is 0 Å². The highest BCUT2D eigenvalue weighted by atomic mass is 16.6. The molecule has 1 atom stereocenters. The summed E-state index contributed by atoms with van der Waals surface area (Å²) in [5, 5.41) is 0. The molecule has 0 bridgehead atoms. The quantitative estimate of drug-likeness (QED) is 0.0347. The number of ether oxygens (including phenoxy) is 3. The standard InChI is InChI=1S/C57H94O5/c1-4-7-10-13-16-19-22-25-27-28-29-31-34-37-40-43-46-49-52-60-53-55(62-57(59)51-48-45-42-39-36-32-24-21-18-15-12-9-6-3)54-61-56(58)50-47-44-41-38-35-33-30-26-23-20-17-14-11-8-5-2/h7,9-10,12,16-21,25-27,30,32,36,42,45,55H,4-6,8,11,13-15,22-24,28-29,31,33-35,37-41,43-44,46-54H2,1-3H3/b10-7-,12-9-,19-16-,20-17-,21-18-,27-25-,30-26-,36-32-,45-42-. The second kappa shape index (κ2) is 51.9. The predicted octanol–water partition coefficient (Wildman–Crippen LogP) is 17.2. The van der Waals surface area contributed by atoms with Crippen molar-refractivity contribution in [1.82, 2.24) is 0 Å². The SMILES string of the molecule is CC/C=C\C/C=C\C/C=C\C/C=C\CCC(=O)OC(COCCCCCCCCCC/C=C\C/C=C\C/C=C\CC)COC(=O)CCCCCCC/C=C\C/C=C\CCCCC. The van der Waals surface area contributed by atoms with Crippen LogP contribution in [0.3, 0.4) is 0 Å². The zero-order valence-electron chi connectivity index (χ0n) is 40.3. The minimum absolute atomic E-state index is 0.0403. The Hall–Kier alpha value is -3.44. The van der Waals surface area contributed by atoms with Gasteiger partial charge in [-0.1, -0.05) is 201 Å². The molecule has 352 valence electrons. The molecule has 0 aliphatic carbocycles. The minimum Gasteiger partial charge on any atom is -0.462 e. The number of rotatable bonds is 45. The van der Waals surface area contributed by atoms with Gasteiger partial charge in [0.2, 0.25) is 0 Å². The Labute approximate surface area is 383 Å². The molecule has 5 nitrogen and oxygen atoms in total. The van der Waals surface area contributed by atoms with Gasteiger partial charge in [-0.25, -0.2) is 0 Å². The normalized spacial score (nSPS) is 13.1. The Balaban J connectivity index is 4.39. The molecule has 0 saturated heterocycles. The lowest BCUT2D eigenvalue weighted by Gasteiger charge is -2.18. The van der Waals surface area contributed by atoms with Crippen molar-refractivity contribution in [2.24, 2.45) is 0 Å². The monoisotopic (exact) mass is 859 g/mol. The van der Waals surface area contributed by atoms with Gasteiger partial charge in [0.1, 0.15) is 6.61 Å². The van der Waals surface area contributed by atoms with E-state index in [1.165, 1.54) is 83.5 Å². The van der Waals surface area contributed by atoms with Crippen molar-refractivity contribution in [1.29, 1.82) is 0 Å². The lowest BCUT2D eigenvalue weighted by Crippen LogP contribution is -2.30. The van der Waals surface area contributed by atoms with Gasteiger partial charge < -0.3 is 14.2 Å². The summed E-state index contributed by atoms with van der Waals surface area (Å²) in [5.41, 5.74) is 0. The van der Waals surface area contributed by atoms with Gasteiger partial charge in [0, 0.05) is 19.4 Å². The molecule has 5 heteroatoms.